The van der Waals surface area contributed by atoms with Gasteiger partial charge in [0, 0.05) is 19.6 Å². The summed E-state index contributed by atoms with van der Waals surface area (Å²) in [6.45, 7) is 7.67. The number of hydrogen-bond donors (Lipinski definition) is 1. The quantitative estimate of drug-likeness (QED) is 0.526. The van der Waals surface area contributed by atoms with Gasteiger partial charge in [0.05, 0.1) is 0 Å². The number of halogens is 1. The molecule has 1 atom stereocenters. The molecule has 0 fully saturated rings. The number of unbranched alkanes of at least 4 members (excludes halogenated alkanes) is 1. The molecule has 1 N–H and O–H groups in total. The van der Waals surface area contributed by atoms with Crippen molar-refractivity contribution in [1.29, 1.82) is 0 Å². The summed E-state index contributed by atoms with van der Waals surface area (Å²) in [6, 6.07) is 8.90. The zero-order valence-corrected chi connectivity index (χ0v) is 18.1. The molecule has 164 valence electrons. The predicted molar refractivity (Wildman–Crippen MR) is 111 cm³/mol. The fraction of sp³-hybridized carbons (Fsp3) is 0.636. The van der Waals surface area contributed by atoms with Crippen LogP contribution in [0.25, 0.3) is 0 Å². The maximum atomic E-state index is 13.1. The normalized spacial score (nSPS) is 12.5. The van der Waals surface area contributed by atoms with Crippen LogP contribution in [0.3, 0.4) is 0 Å². The maximum Gasteiger partial charge on any atom is 0.407 e. The van der Waals surface area contributed by atoms with Crippen LogP contribution in [0.1, 0.15) is 52.5 Å². The molecule has 1 rings (SSSR count). The molecule has 0 unspecified atom stereocenters. The van der Waals surface area contributed by atoms with Crippen LogP contribution in [-0.4, -0.2) is 54.9 Å². The lowest BCUT2D eigenvalue weighted by atomic mass is 10.1. The Hall–Kier alpha value is -2.15. The van der Waals surface area contributed by atoms with Gasteiger partial charge in [-0.15, -0.1) is 0 Å². The topological polar surface area (TPSA) is 67.9 Å². The molecular weight excluding hydrogens is 375 g/mol. The van der Waals surface area contributed by atoms with E-state index in [0.29, 0.717) is 13.0 Å². The molecule has 0 aliphatic carbocycles. The first kappa shape index (κ1) is 24.9. The van der Waals surface area contributed by atoms with Crippen molar-refractivity contribution < 1.29 is 23.5 Å². The molecule has 1 aromatic carbocycles. The molecule has 1 amide bonds. The summed E-state index contributed by atoms with van der Waals surface area (Å²) in [5, 5.41) is 2.66. The number of nitrogens with one attached hydrogen (secondary N) is 1. The van der Waals surface area contributed by atoms with Crippen LogP contribution < -0.4 is 5.32 Å². The van der Waals surface area contributed by atoms with E-state index >= 15 is 0 Å². The van der Waals surface area contributed by atoms with Gasteiger partial charge in [-0.1, -0.05) is 50.1 Å². The number of ether oxygens (including phenoxy) is 2. The summed E-state index contributed by atoms with van der Waals surface area (Å²) >= 11 is 0. The Bertz CT molecular complexity index is 605. The zero-order chi connectivity index (χ0) is 21.7. The Kier molecular flexibility index (Phi) is 11.3. The van der Waals surface area contributed by atoms with Crippen LogP contribution in [0.5, 0.6) is 0 Å². The van der Waals surface area contributed by atoms with Gasteiger partial charge in [0.15, 0.2) is 0 Å². The molecule has 0 saturated heterocycles. The second kappa shape index (κ2) is 13.1. The minimum atomic E-state index is -0.590. The number of amides is 1. The SMILES string of the molecule is CCCC[C@@H](C(=O)OCc1ccccc1)N(CCF)CCNC(=O)OC(C)(C)C. The maximum absolute atomic E-state index is 13.1. The summed E-state index contributed by atoms with van der Waals surface area (Å²) in [7, 11) is 0. The van der Waals surface area contributed by atoms with E-state index in [1.165, 1.54) is 0 Å². The molecule has 0 aliphatic rings. The predicted octanol–water partition coefficient (Wildman–Crippen LogP) is 4.08. The van der Waals surface area contributed by atoms with Crippen LogP contribution in [0.2, 0.25) is 0 Å². The highest BCUT2D eigenvalue weighted by atomic mass is 19.1. The summed E-state index contributed by atoms with van der Waals surface area (Å²) in [4.78, 5) is 26.3. The standard InChI is InChI=1S/C22H35FN2O4/c1-5-6-12-19(20(26)28-17-18-10-8-7-9-11-18)25(15-13-23)16-14-24-21(27)29-22(2,3)4/h7-11,19H,5-6,12-17H2,1-4H3,(H,24,27)/t19-/m0/s1. The number of carbonyl (C=O) groups is 2. The van der Waals surface area contributed by atoms with Crippen LogP contribution in [0.4, 0.5) is 9.18 Å². The number of rotatable bonds is 12. The molecule has 0 aliphatic heterocycles. The van der Waals surface area contributed by atoms with E-state index in [1.54, 1.807) is 25.7 Å². The Morgan fingerprint density at radius 1 is 1.17 bits per heavy atom. The van der Waals surface area contributed by atoms with E-state index in [1.807, 2.05) is 37.3 Å². The second-order valence-corrected chi connectivity index (χ2v) is 7.90. The molecule has 0 spiro atoms. The summed E-state index contributed by atoms with van der Waals surface area (Å²) in [5.41, 5.74) is 0.312. The van der Waals surface area contributed by atoms with Gasteiger partial charge in [-0.25, -0.2) is 9.18 Å². The van der Waals surface area contributed by atoms with Gasteiger partial charge in [-0.3, -0.25) is 9.69 Å². The van der Waals surface area contributed by atoms with Crippen LogP contribution in [0.15, 0.2) is 30.3 Å². The Labute approximate surface area is 173 Å². The molecule has 0 heterocycles. The van der Waals surface area contributed by atoms with Crippen molar-refractivity contribution in [2.24, 2.45) is 0 Å². The molecule has 0 saturated carbocycles. The summed E-state index contributed by atoms with van der Waals surface area (Å²) < 4.78 is 23.8. The second-order valence-electron chi connectivity index (χ2n) is 7.90. The van der Waals surface area contributed by atoms with Crippen molar-refractivity contribution >= 4 is 12.1 Å². The number of nitrogens with zero attached hydrogens (tertiary/aromatic N) is 1. The first-order valence-corrected chi connectivity index (χ1v) is 10.2. The van der Waals surface area contributed by atoms with Gasteiger partial charge in [-0.05, 0) is 32.8 Å². The fourth-order valence-corrected chi connectivity index (χ4v) is 2.82. The Balaban J connectivity index is 2.67. The zero-order valence-electron chi connectivity index (χ0n) is 18.1. The molecular formula is C22H35FN2O4. The van der Waals surface area contributed by atoms with E-state index in [-0.39, 0.29) is 25.7 Å². The molecule has 6 nitrogen and oxygen atoms in total. The lowest BCUT2D eigenvalue weighted by Crippen LogP contribution is -2.47. The molecule has 29 heavy (non-hydrogen) atoms. The van der Waals surface area contributed by atoms with Gasteiger partial charge in [0.2, 0.25) is 0 Å². The highest BCUT2D eigenvalue weighted by Crippen LogP contribution is 2.13. The third kappa shape index (κ3) is 10.8. The highest BCUT2D eigenvalue weighted by molar-refractivity contribution is 5.75. The lowest BCUT2D eigenvalue weighted by molar-refractivity contribution is -0.151. The van der Waals surface area contributed by atoms with Crippen molar-refractivity contribution in [2.45, 2.75) is 65.2 Å². The minimum absolute atomic E-state index is 0.102. The van der Waals surface area contributed by atoms with Crippen molar-refractivity contribution in [3.63, 3.8) is 0 Å². The van der Waals surface area contributed by atoms with E-state index < -0.39 is 24.4 Å². The van der Waals surface area contributed by atoms with Gasteiger partial charge in [-0.2, -0.15) is 0 Å². The van der Waals surface area contributed by atoms with E-state index in [0.717, 1.165) is 18.4 Å². The number of alkyl halides is 1. The molecule has 0 bridgehead atoms. The van der Waals surface area contributed by atoms with Crippen molar-refractivity contribution in [1.82, 2.24) is 10.2 Å². The Morgan fingerprint density at radius 3 is 2.45 bits per heavy atom. The first-order chi connectivity index (χ1) is 13.8. The molecule has 0 radical (unpaired) electrons. The van der Waals surface area contributed by atoms with Crippen molar-refractivity contribution in [3.05, 3.63) is 35.9 Å². The lowest BCUT2D eigenvalue weighted by Gasteiger charge is -2.29. The van der Waals surface area contributed by atoms with Gasteiger partial charge in [0.25, 0.3) is 0 Å². The van der Waals surface area contributed by atoms with Crippen LogP contribution >= 0.6 is 0 Å². The third-order valence-electron chi connectivity index (χ3n) is 4.21. The van der Waals surface area contributed by atoms with Gasteiger partial charge in [0.1, 0.15) is 24.9 Å². The van der Waals surface area contributed by atoms with Crippen molar-refractivity contribution in [2.75, 3.05) is 26.3 Å². The first-order valence-electron chi connectivity index (χ1n) is 10.2. The van der Waals surface area contributed by atoms with Crippen LogP contribution in [0, 0.1) is 0 Å². The minimum Gasteiger partial charge on any atom is -0.460 e. The van der Waals surface area contributed by atoms with Gasteiger partial charge >= 0.3 is 12.1 Å². The molecule has 0 aromatic heterocycles. The Morgan fingerprint density at radius 2 is 1.86 bits per heavy atom. The smallest absolute Gasteiger partial charge is 0.407 e. The largest absolute Gasteiger partial charge is 0.460 e. The summed E-state index contributed by atoms with van der Waals surface area (Å²) in [6.07, 6.45) is 1.79. The summed E-state index contributed by atoms with van der Waals surface area (Å²) in [5.74, 6) is -0.368. The number of hydrogen-bond acceptors (Lipinski definition) is 5. The molecule has 7 heteroatoms. The van der Waals surface area contributed by atoms with E-state index in [9.17, 15) is 14.0 Å². The average molecular weight is 411 g/mol. The van der Waals surface area contributed by atoms with E-state index in [4.69, 9.17) is 9.47 Å². The number of carbonyl (C=O) groups excluding carboxylic acids is 2. The number of alkyl carbamates (subject to hydrolysis) is 1. The van der Waals surface area contributed by atoms with E-state index in [2.05, 4.69) is 5.32 Å². The number of esters is 1. The number of benzene rings is 1. The highest BCUT2D eigenvalue weighted by Gasteiger charge is 2.27. The van der Waals surface area contributed by atoms with Crippen molar-refractivity contribution in [3.8, 4) is 0 Å². The molecule has 1 aromatic rings. The van der Waals surface area contributed by atoms with Crippen LogP contribution in [-0.2, 0) is 20.9 Å². The fourth-order valence-electron chi connectivity index (χ4n) is 2.82. The van der Waals surface area contributed by atoms with Gasteiger partial charge < -0.3 is 14.8 Å². The monoisotopic (exact) mass is 410 g/mol. The average Bonchev–Trinajstić information content (AvgIpc) is 2.66. The third-order valence-corrected chi connectivity index (χ3v) is 4.21.